The van der Waals surface area contributed by atoms with E-state index in [9.17, 15) is 0 Å². The van der Waals surface area contributed by atoms with E-state index in [4.69, 9.17) is 9.97 Å². The Labute approximate surface area is 113 Å². The molecule has 3 heterocycles. The van der Waals surface area contributed by atoms with Crippen LogP contribution in [0.15, 0.2) is 12.4 Å². The summed E-state index contributed by atoms with van der Waals surface area (Å²) in [5, 5.41) is 3.38. The quantitative estimate of drug-likeness (QED) is 0.888. The molecule has 0 saturated heterocycles. The molecule has 5 heteroatoms. The summed E-state index contributed by atoms with van der Waals surface area (Å²) in [6.07, 6.45) is 4.72. The van der Waals surface area contributed by atoms with Gasteiger partial charge in [0.25, 0.3) is 0 Å². The van der Waals surface area contributed by atoms with Gasteiger partial charge in [-0.2, -0.15) is 0 Å². The van der Waals surface area contributed by atoms with E-state index in [1.54, 1.807) is 6.20 Å². The van der Waals surface area contributed by atoms with Crippen molar-refractivity contribution in [1.82, 2.24) is 24.8 Å². The molecular formula is C14H19N5. The van der Waals surface area contributed by atoms with Gasteiger partial charge in [-0.15, -0.1) is 0 Å². The van der Waals surface area contributed by atoms with Gasteiger partial charge in [-0.25, -0.2) is 15.0 Å². The van der Waals surface area contributed by atoms with Crippen molar-refractivity contribution in [3.63, 3.8) is 0 Å². The number of nitrogens with zero attached hydrogens (tertiary/aromatic N) is 4. The molecule has 2 aromatic heterocycles. The second kappa shape index (κ2) is 4.74. The van der Waals surface area contributed by atoms with E-state index < -0.39 is 0 Å². The normalized spacial score (nSPS) is 14.7. The van der Waals surface area contributed by atoms with Crippen molar-refractivity contribution in [2.45, 2.75) is 32.7 Å². The molecule has 19 heavy (non-hydrogen) atoms. The SMILES string of the molecule is CC(C)c1nc(-c2nccn2C)nc2c1CCNC2. The molecule has 0 fully saturated rings. The van der Waals surface area contributed by atoms with Crippen LogP contribution in [-0.2, 0) is 20.0 Å². The Kier molecular flexibility index (Phi) is 3.06. The third-order valence-corrected chi connectivity index (χ3v) is 3.54. The first-order valence-corrected chi connectivity index (χ1v) is 6.75. The van der Waals surface area contributed by atoms with Crippen molar-refractivity contribution in [1.29, 1.82) is 0 Å². The van der Waals surface area contributed by atoms with Crippen molar-refractivity contribution >= 4 is 0 Å². The summed E-state index contributed by atoms with van der Waals surface area (Å²) in [6, 6.07) is 0. The van der Waals surface area contributed by atoms with Gasteiger partial charge in [0.2, 0.25) is 0 Å². The Morgan fingerprint density at radius 3 is 2.84 bits per heavy atom. The molecule has 5 nitrogen and oxygen atoms in total. The summed E-state index contributed by atoms with van der Waals surface area (Å²) in [5.41, 5.74) is 3.62. The topological polar surface area (TPSA) is 55.6 Å². The zero-order chi connectivity index (χ0) is 13.4. The number of hydrogen-bond acceptors (Lipinski definition) is 4. The standard InChI is InChI=1S/C14H19N5/c1-9(2)12-10-4-5-15-8-11(10)17-13(18-12)14-16-6-7-19(14)3/h6-7,9,15H,4-5,8H2,1-3H3. The molecule has 100 valence electrons. The molecule has 3 rings (SSSR count). The third-order valence-electron chi connectivity index (χ3n) is 3.54. The Morgan fingerprint density at radius 2 is 2.16 bits per heavy atom. The minimum Gasteiger partial charge on any atom is -0.331 e. The molecule has 0 aliphatic carbocycles. The number of rotatable bonds is 2. The maximum absolute atomic E-state index is 4.77. The molecule has 0 atom stereocenters. The van der Waals surface area contributed by atoms with Crippen molar-refractivity contribution < 1.29 is 0 Å². The smallest absolute Gasteiger partial charge is 0.196 e. The molecule has 0 aromatic carbocycles. The number of aromatic nitrogens is 4. The van der Waals surface area contributed by atoms with E-state index in [0.717, 1.165) is 36.9 Å². The highest BCUT2D eigenvalue weighted by molar-refractivity contribution is 5.47. The fraction of sp³-hybridized carbons (Fsp3) is 0.500. The average Bonchev–Trinajstić information content (AvgIpc) is 2.83. The molecule has 0 spiro atoms. The minimum atomic E-state index is 0.411. The van der Waals surface area contributed by atoms with Crippen LogP contribution < -0.4 is 5.32 Å². The first-order valence-electron chi connectivity index (χ1n) is 6.75. The van der Waals surface area contributed by atoms with Gasteiger partial charge in [0.1, 0.15) is 0 Å². The van der Waals surface area contributed by atoms with Gasteiger partial charge in [0.15, 0.2) is 11.6 Å². The second-order valence-electron chi connectivity index (χ2n) is 5.30. The molecule has 1 aliphatic rings. The molecule has 1 aliphatic heterocycles. The predicted octanol–water partition coefficient (Wildman–Crippen LogP) is 1.65. The van der Waals surface area contributed by atoms with Crippen molar-refractivity contribution in [3.8, 4) is 11.6 Å². The van der Waals surface area contributed by atoms with E-state index in [0.29, 0.717) is 5.92 Å². The van der Waals surface area contributed by atoms with Crippen LogP contribution in [0, 0.1) is 0 Å². The van der Waals surface area contributed by atoms with Crippen LogP contribution in [0.25, 0.3) is 11.6 Å². The van der Waals surface area contributed by atoms with E-state index in [-0.39, 0.29) is 0 Å². The summed E-state index contributed by atoms with van der Waals surface area (Å²) < 4.78 is 1.96. The molecular weight excluding hydrogens is 238 g/mol. The van der Waals surface area contributed by atoms with E-state index in [1.165, 1.54) is 11.3 Å². The van der Waals surface area contributed by atoms with Crippen LogP contribution in [0.3, 0.4) is 0 Å². The summed E-state index contributed by atoms with van der Waals surface area (Å²) in [6.45, 7) is 6.21. The Bertz CT molecular complexity index is 600. The van der Waals surface area contributed by atoms with Crippen LogP contribution >= 0.6 is 0 Å². The summed E-state index contributed by atoms with van der Waals surface area (Å²) in [4.78, 5) is 13.8. The second-order valence-corrected chi connectivity index (χ2v) is 5.30. The number of hydrogen-bond donors (Lipinski definition) is 1. The lowest BCUT2D eigenvalue weighted by molar-refractivity contribution is 0.608. The van der Waals surface area contributed by atoms with Crippen LogP contribution in [0.4, 0.5) is 0 Å². The maximum atomic E-state index is 4.77. The molecule has 0 unspecified atom stereocenters. The minimum absolute atomic E-state index is 0.411. The Hall–Kier alpha value is -1.75. The fourth-order valence-corrected chi connectivity index (χ4v) is 2.55. The lowest BCUT2D eigenvalue weighted by Crippen LogP contribution is -2.27. The van der Waals surface area contributed by atoms with Gasteiger partial charge < -0.3 is 9.88 Å². The Balaban J connectivity index is 2.17. The van der Waals surface area contributed by atoms with E-state index in [2.05, 4.69) is 24.1 Å². The van der Waals surface area contributed by atoms with Crippen LogP contribution in [0.2, 0.25) is 0 Å². The van der Waals surface area contributed by atoms with Gasteiger partial charge in [0.05, 0.1) is 11.4 Å². The van der Waals surface area contributed by atoms with E-state index >= 15 is 0 Å². The lowest BCUT2D eigenvalue weighted by Gasteiger charge is -2.21. The molecule has 2 aromatic rings. The number of aryl methyl sites for hydroxylation is 1. The highest BCUT2D eigenvalue weighted by atomic mass is 15.1. The lowest BCUT2D eigenvalue weighted by atomic mass is 9.97. The van der Waals surface area contributed by atoms with Crippen LogP contribution in [0.5, 0.6) is 0 Å². The predicted molar refractivity (Wildman–Crippen MR) is 73.7 cm³/mol. The zero-order valence-corrected chi connectivity index (χ0v) is 11.6. The molecule has 0 saturated carbocycles. The van der Waals surface area contributed by atoms with Gasteiger partial charge in [-0.1, -0.05) is 13.8 Å². The highest BCUT2D eigenvalue weighted by Crippen LogP contribution is 2.25. The Morgan fingerprint density at radius 1 is 1.32 bits per heavy atom. The van der Waals surface area contributed by atoms with Gasteiger partial charge >= 0.3 is 0 Å². The number of nitrogens with one attached hydrogen (secondary N) is 1. The fourth-order valence-electron chi connectivity index (χ4n) is 2.55. The first kappa shape index (κ1) is 12.3. The summed E-state index contributed by atoms with van der Waals surface area (Å²) in [7, 11) is 1.97. The summed E-state index contributed by atoms with van der Waals surface area (Å²) >= 11 is 0. The molecule has 0 bridgehead atoms. The third kappa shape index (κ3) is 2.14. The average molecular weight is 257 g/mol. The highest BCUT2D eigenvalue weighted by Gasteiger charge is 2.20. The van der Waals surface area contributed by atoms with Gasteiger partial charge in [0, 0.05) is 26.0 Å². The largest absolute Gasteiger partial charge is 0.331 e. The molecule has 0 amide bonds. The van der Waals surface area contributed by atoms with E-state index in [1.807, 2.05) is 17.8 Å². The van der Waals surface area contributed by atoms with Crippen LogP contribution in [0.1, 0.15) is 36.7 Å². The first-order chi connectivity index (χ1) is 9.16. The molecule has 0 radical (unpaired) electrons. The van der Waals surface area contributed by atoms with Gasteiger partial charge in [-0.05, 0) is 24.4 Å². The molecule has 1 N–H and O–H groups in total. The van der Waals surface area contributed by atoms with Gasteiger partial charge in [-0.3, -0.25) is 0 Å². The van der Waals surface area contributed by atoms with Crippen molar-refractivity contribution in [3.05, 3.63) is 29.3 Å². The zero-order valence-electron chi connectivity index (χ0n) is 11.6. The number of imidazole rings is 1. The number of fused-ring (bicyclic) bond motifs is 1. The summed E-state index contributed by atoms with van der Waals surface area (Å²) in [5.74, 6) is 1.97. The maximum Gasteiger partial charge on any atom is 0.196 e. The van der Waals surface area contributed by atoms with Crippen LogP contribution in [-0.4, -0.2) is 26.1 Å². The van der Waals surface area contributed by atoms with Crippen molar-refractivity contribution in [2.75, 3.05) is 6.54 Å². The monoisotopic (exact) mass is 257 g/mol. The van der Waals surface area contributed by atoms with Crippen molar-refractivity contribution in [2.24, 2.45) is 7.05 Å².